The molecule has 0 amide bonds. The number of rotatable bonds is 4. The SMILES string of the molecule is CN(C)S(=O)(=O)n1cc(-c2ccccc2)nc1CO. The lowest BCUT2D eigenvalue weighted by Crippen LogP contribution is -2.29. The average molecular weight is 281 g/mol. The lowest BCUT2D eigenvalue weighted by molar-refractivity contribution is 0.270. The first-order valence-corrected chi connectivity index (χ1v) is 7.04. The van der Waals surface area contributed by atoms with E-state index in [0.717, 1.165) is 13.8 Å². The number of imidazole rings is 1. The molecule has 1 aromatic heterocycles. The largest absolute Gasteiger partial charge is 0.388 e. The lowest BCUT2D eigenvalue weighted by atomic mass is 10.2. The molecule has 0 radical (unpaired) electrons. The molecule has 1 aromatic carbocycles. The van der Waals surface area contributed by atoms with Crippen molar-refractivity contribution in [3.63, 3.8) is 0 Å². The quantitative estimate of drug-likeness (QED) is 0.895. The first-order valence-electron chi connectivity index (χ1n) is 5.64. The molecule has 6 nitrogen and oxygen atoms in total. The molecule has 0 fully saturated rings. The Hall–Kier alpha value is -1.70. The minimum absolute atomic E-state index is 0.0903. The van der Waals surface area contributed by atoms with E-state index in [1.807, 2.05) is 30.3 Å². The Bertz CT molecular complexity index is 663. The number of hydrogen-bond donors (Lipinski definition) is 1. The molecule has 102 valence electrons. The van der Waals surface area contributed by atoms with Gasteiger partial charge in [0.05, 0.1) is 5.69 Å². The molecule has 0 aliphatic heterocycles. The molecule has 1 N–H and O–H groups in total. The topological polar surface area (TPSA) is 75.4 Å². The van der Waals surface area contributed by atoms with Crippen molar-refractivity contribution < 1.29 is 13.5 Å². The van der Waals surface area contributed by atoms with Gasteiger partial charge >= 0.3 is 10.2 Å². The van der Waals surface area contributed by atoms with E-state index in [9.17, 15) is 13.5 Å². The number of aliphatic hydroxyl groups is 1. The fourth-order valence-electron chi connectivity index (χ4n) is 1.63. The van der Waals surface area contributed by atoms with Gasteiger partial charge in [-0.1, -0.05) is 30.3 Å². The molecule has 0 bridgehead atoms. The first-order chi connectivity index (χ1) is 8.96. The van der Waals surface area contributed by atoms with Gasteiger partial charge in [-0.2, -0.15) is 12.7 Å². The summed E-state index contributed by atoms with van der Waals surface area (Å²) in [5.74, 6) is 0.0903. The Morgan fingerprint density at radius 1 is 1.26 bits per heavy atom. The first kappa shape index (κ1) is 13.7. The maximum absolute atomic E-state index is 12.1. The molecule has 7 heteroatoms. The molecule has 2 aromatic rings. The highest BCUT2D eigenvalue weighted by Crippen LogP contribution is 2.20. The fourth-order valence-corrected chi connectivity index (χ4v) is 2.58. The van der Waals surface area contributed by atoms with Gasteiger partial charge in [-0.25, -0.2) is 8.96 Å². The molecule has 0 aliphatic carbocycles. The molecule has 2 rings (SSSR count). The van der Waals surface area contributed by atoms with E-state index in [0.29, 0.717) is 5.69 Å². The average Bonchev–Trinajstić information content (AvgIpc) is 2.84. The van der Waals surface area contributed by atoms with E-state index < -0.39 is 16.8 Å². The maximum atomic E-state index is 12.1. The van der Waals surface area contributed by atoms with Crippen LogP contribution in [-0.4, -0.2) is 40.9 Å². The molecular formula is C12H15N3O3S. The summed E-state index contributed by atoms with van der Waals surface area (Å²) in [6.07, 6.45) is 1.41. The minimum Gasteiger partial charge on any atom is -0.388 e. The summed E-state index contributed by atoms with van der Waals surface area (Å²) in [5.41, 5.74) is 1.31. The second-order valence-electron chi connectivity index (χ2n) is 4.15. The van der Waals surface area contributed by atoms with Crippen molar-refractivity contribution in [2.45, 2.75) is 6.61 Å². The van der Waals surface area contributed by atoms with Crippen LogP contribution in [0.1, 0.15) is 5.82 Å². The van der Waals surface area contributed by atoms with Gasteiger partial charge in [-0.05, 0) is 0 Å². The summed E-state index contributed by atoms with van der Waals surface area (Å²) < 4.78 is 26.3. The van der Waals surface area contributed by atoms with Crippen LogP contribution in [-0.2, 0) is 16.8 Å². The molecule has 0 atom stereocenters. The van der Waals surface area contributed by atoms with E-state index in [4.69, 9.17) is 0 Å². The van der Waals surface area contributed by atoms with Gasteiger partial charge in [-0.15, -0.1) is 0 Å². The van der Waals surface area contributed by atoms with Gasteiger partial charge in [0.25, 0.3) is 0 Å². The van der Waals surface area contributed by atoms with Crippen molar-refractivity contribution in [1.82, 2.24) is 13.3 Å². The van der Waals surface area contributed by atoms with E-state index in [1.54, 1.807) is 0 Å². The predicted molar refractivity (Wildman–Crippen MR) is 71.6 cm³/mol. The zero-order valence-corrected chi connectivity index (χ0v) is 11.5. The maximum Gasteiger partial charge on any atom is 0.308 e. The Balaban J connectivity index is 2.56. The van der Waals surface area contributed by atoms with Crippen molar-refractivity contribution in [2.24, 2.45) is 0 Å². The summed E-state index contributed by atoms with van der Waals surface area (Å²) in [5, 5.41) is 9.26. The Kier molecular flexibility index (Phi) is 3.70. The van der Waals surface area contributed by atoms with Crippen molar-refractivity contribution >= 4 is 10.2 Å². The number of benzene rings is 1. The summed E-state index contributed by atoms with van der Waals surface area (Å²) in [6, 6.07) is 9.21. The summed E-state index contributed by atoms with van der Waals surface area (Å²) in [7, 11) is -0.821. The Labute approximate surface area is 112 Å². The smallest absolute Gasteiger partial charge is 0.308 e. The standard InChI is InChI=1S/C12H15N3O3S/c1-14(2)19(17,18)15-8-11(13-12(15)9-16)10-6-4-3-5-7-10/h3-8,16H,9H2,1-2H3. The Morgan fingerprint density at radius 3 is 2.42 bits per heavy atom. The van der Waals surface area contributed by atoms with Crippen LogP contribution in [0.5, 0.6) is 0 Å². The second kappa shape index (κ2) is 5.12. The van der Waals surface area contributed by atoms with Crippen LogP contribution < -0.4 is 0 Å². The van der Waals surface area contributed by atoms with Crippen LogP contribution in [0.25, 0.3) is 11.3 Å². The van der Waals surface area contributed by atoms with Crippen LogP contribution in [0.4, 0.5) is 0 Å². The molecule has 0 saturated carbocycles. The number of hydrogen-bond acceptors (Lipinski definition) is 4. The van der Waals surface area contributed by atoms with Gasteiger partial charge < -0.3 is 5.11 Å². The third-order valence-corrected chi connectivity index (χ3v) is 4.40. The highest BCUT2D eigenvalue weighted by Gasteiger charge is 2.21. The molecule has 1 heterocycles. The van der Waals surface area contributed by atoms with E-state index >= 15 is 0 Å². The van der Waals surface area contributed by atoms with Crippen LogP contribution in [0, 0.1) is 0 Å². The molecule has 0 unspecified atom stereocenters. The van der Waals surface area contributed by atoms with Gasteiger partial charge in [0.15, 0.2) is 0 Å². The third kappa shape index (κ3) is 2.53. The zero-order chi connectivity index (χ0) is 14.0. The molecule has 0 spiro atoms. The van der Waals surface area contributed by atoms with Crippen molar-refractivity contribution in [3.8, 4) is 11.3 Å². The molecule has 0 saturated heterocycles. The van der Waals surface area contributed by atoms with Gasteiger partial charge in [-0.3, -0.25) is 0 Å². The monoisotopic (exact) mass is 281 g/mol. The zero-order valence-electron chi connectivity index (χ0n) is 10.7. The minimum atomic E-state index is -3.68. The van der Waals surface area contributed by atoms with Gasteiger partial charge in [0.2, 0.25) is 0 Å². The van der Waals surface area contributed by atoms with Crippen molar-refractivity contribution in [2.75, 3.05) is 14.1 Å². The number of nitrogens with zero attached hydrogens (tertiary/aromatic N) is 3. The van der Waals surface area contributed by atoms with Gasteiger partial charge in [0, 0.05) is 25.9 Å². The molecule has 19 heavy (non-hydrogen) atoms. The van der Waals surface area contributed by atoms with Crippen LogP contribution in [0.15, 0.2) is 36.5 Å². The highest BCUT2D eigenvalue weighted by molar-refractivity contribution is 7.87. The highest BCUT2D eigenvalue weighted by atomic mass is 32.2. The predicted octanol–water partition coefficient (Wildman–Crippen LogP) is 0.697. The fraction of sp³-hybridized carbons (Fsp3) is 0.250. The van der Waals surface area contributed by atoms with Crippen LogP contribution >= 0.6 is 0 Å². The molecular weight excluding hydrogens is 266 g/mol. The normalized spacial score (nSPS) is 12.0. The number of aromatic nitrogens is 2. The number of aliphatic hydroxyl groups excluding tert-OH is 1. The van der Waals surface area contributed by atoms with E-state index in [1.165, 1.54) is 20.3 Å². The summed E-state index contributed by atoms with van der Waals surface area (Å²) >= 11 is 0. The van der Waals surface area contributed by atoms with Gasteiger partial charge in [0.1, 0.15) is 12.4 Å². The Morgan fingerprint density at radius 2 is 1.89 bits per heavy atom. The summed E-state index contributed by atoms with van der Waals surface area (Å²) in [4.78, 5) is 4.15. The molecule has 0 aliphatic rings. The van der Waals surface area contributed by atoms with Crippen molar-refractivity contribution in [1.29, 1.82) is 0 Å². The van der Waals surface area contributed by atoms with Crippen LogP contribution in [0.2, 0.25) is 0 Å². The lowest BCUT2D eigenvalue weighted by Gasteiger charge is -2.13. The van der Waals surface area contributed by atoms with E-state index in [-0.39, 0.29) is 5.82 Å². The summed E-state index contributed by atoms with van der Waals surface area (Å²) in [6.45, 7) is -0.445. The third-order valence-electron chi connectivity index (χ3n) is 2.66. The van der Waals surface area contributed by atoms with E-state index in [2.05, 4.69) is 4.98 Å². The second-order valence-corrected chi connectivity index (χ2v) is 6.17. The van der Waals surface area contributed by atoms with Crippen LogP contribution in [0.3, 0.4) is 0 Å². The van der Waals surface area contributed by atoms with Crippen molar-refractivity contribution in [3.05, 3.63) is 42.4 Å².